The van der Waals surface area contributed by atoms with Gasteiger partial charge in [-0.05, 0) is 25.1 Å². The van der Waals surface area contributed by atoms with Crippen molar-refractivity contribution in [1.29, 1.82) is 0 Å². The van der Waals surface area contributed by atoms with Gasteiger partial charge in [0.2, 0.25) is 0 Å². The van der Waals surface area contributed by atoms with E-state index in [9.17, 15) is 4.79 Å². The van der Waals surface area contributed by atoms with Gasteiger partial charge in [-0.25, -0.2) is 4.99 Å². The molecule has 0 unspecified atom stereocenters. The topological polar surface area (TPSA) is 29.4 Å². The maximum atomic E-state index is 10.1. The van der Waals surface area contributed by atoms with E-state index in [4.69, 9.17) is 0 Å². The molecule has 0 saturated carbocycles. The van der Waals surface area contributed by atoms with E-state index >= 15 is 0 Å². The molecule has 0 aliphatic heterocycles. The van der Waals surface area contributed by atoms with E-state index in [-0.39, 0.29) is 0 Å². The molecule has 0 fully saturated rings. The summed E-state index contributed by atoms with van der Waals surface area (Å²) in [5.74, 6) is 0. The molecule has 0 rings (SSSR count). The predicted octanol–water partition coefficient (Wildman–Crippen LogP) is 4.19. The summed E-state index contributed by atoms with van der Waals surface area (Å²) in [7, 11) is 0. The highest BCUT2D eigenvalue weighted by atomic mass is 32.1. The minimum absolute atomic E-state index is 0.737. The molecular weight excluding hydrogens is 218 g/mol. The lowest BCUT2D eigenvalue weighted by atomic mass is 10.1. The van der Waals surface area contributed by atoms with Gasteiger partial charge in [0.1, 0.15) is 6.29 Å². The van der Waals surface area contributed by atoms with Gasteiger partial charge in [-0.2, -0.15) is 0 Å². The van der Waals surface area contributed by atoms with Crippen LogP contribution in [0.3, 0.4) is 0 Å². The van der Waals surface area contributed by atoms with E-state index in [0.717, 1.165) is 32.1 Å². The van der Waals surface area contributed by atoms with Crippen LogP contribution < -0.4 is 0 Å². The zero-order valence-corrected chi connectivity index (χ0v) is 10.9. The summed E-state index contributed by atoms with van der Waals surface area (Å²) in [5, 5.41) is 2.39. The number of unbranched alkanes of at least 4 members (excludes halogenated alkanes) is 9. The Morgan fingerprint density at radius 2 is 1.38 bits per heavy atom. The molecule has 0 bridgehead atoms. The van der Waals surface area contributed by atoms with E-state index in [2.05, 4.69) is 22.4 Å². The Labute approximate surface area is 105 Å². The van der Waals surface area contributed by atoms with Crippen LogP contribution in [0.5, 0.6) is 0 Å². The van der Waals surface area contributed by atoms with Crippen molar-refractivity contribution in [3.05, 3.63) is 0 Å². The number of carbonyl (C=O) groups is 1. The monoisotopic (exact) mass is 241 g/mol. The Bertz CT molecular complexity index is 200. The second kappa shape index (κ2) is 14.5. The molecule has 0 spiro atoms. The van der Waals surface area contributed by atoms with Crippen LogP contribution in [0, 0.1) is 0 Å². The van der Waals surface area contributed by atoms with Gasteiger partial charge in [0, 0.05) is 13.0 Å². The first-order chi connectivity index (χ1) is 7.91. The molecule has 3 heteroatoms. The van der Waals surface area contributed by atoms with Gasteiger partial charge in [-0.1, -0.05) is 44.9 Å². The first-order valence-corrected chi connectivity index (χ1v) is 6.80. The summed E-state index contributed by atoms with van der Waals surface area (Å²) in [5.41, 5.74) is 0. The maximum absolute atomic E-state index is 10.1. The molecule has 0 saturated heterocycles. The lowest BCUT2D eigenvalue weighted by Gasteiger charge is -2.00. The average molecular weight is 241 g/mol. The SMILES string of the molecule is O=CCCCCCCCCCCCN=C=S. The van der Waals surface area contributed by atoms with Crippen LogP contribution in [0.2, 0.25) is 0 Å². The van der Waals surface area contributed by atoms with Crippen LogP contribution in [0.15, 0.2) is 4.99 Å². The molecule has 0 heterocycles. The normalized spacial score (nSPS) is 9.75. The van der Waals surface area contributed by atoms with Crippen molar-refractivity contribution in [2.45, 2.75) is 64.2 Å². The van der Waals surface area contributed by atoms with E-state index in [1.54, 1.807) is 0 Å². The van der Waals surface area contributed by atoms with Crippen LogP contribution in [0.4, 0.5) is 0 Å². The quantitative estimate of drug-likeness (QED) is 0.222. The van der Waals surface area contributed by atoms with Gasteiger partial charge in [0.25, 0.3) is 0 Å². The summed E-state index contributed by atoms with van der Waals surface area (Å²) in [4.78, 5) is 14.0. The van der Waals surface area contributed by atoms with Gasteiger partial charge >= 0.3 is 0 Å². The molecule has 0 aromatic rings. The summed E-state index contributed by atoms with van der Waals surface area (Å²) in [6.07, 6.45) is 13.0. The number of aliphatic imine (C=N–C) groups is 1. The molecule has 0 aromatic heterocycles. The van der Waals surface area contributed by atoms with Crippen molar-refractivity contribution in [2.75, 3.05) is 6.54 Å². The second-order valence-corrected chi connectivity index (χ2v) is 4.29. The lowest BCUT2D eigenvalue weighted by Crippen LogP contribution is -1.84. The van der Waals surface area contributed by atoms with E-state index < -0.39 is 0 Å². The van der Waals surface area contributed by atoms with Crippen molar-refractivity contribution in [2.24, 2.45) is 4.99 Å². The number of thiocarbonyl (C=S) groups is 1. The number of isothiocyanates is 1. The van der Waals surface area contributed by atoms with E-state index in [1.807, 2.05) is 0 Å². The summed E-state index contributed by atoms with van der Waals surface area (Å²) in [6, 6.07) is 0. The minimum atomic E-state index is 0.737. The number of hydrogen-bond acceptors (Lipinski definition) is 3. The van der Waals surface area contributed by atoms with Crippen LogP contribution in [0.25, 0.3) is 0 Å². The van der Waals surface area contributed by atoms with Crippen molar-refractivity contribution in [3.63, 3.8) is 0 Å². The van der Waals surface area contributed by atoms with Crippen LogP contribution >= 0.6 is 12.2 Å². The predicted molar refractivity (Wildman–Crippen MR) is 72.1 cm³/mol. The van der Waals surface area contributed by atoms with Gasteiger partial charge in [-0.15, -0.1) is 0 Å². The lowest BCUT2D eigenvalue weighted by molar-refractivity contribution is -0.107. The Morgan fingerprint density at radius 1 is 0.875 bits per heavy atom. The Hall–Kier alpha value is -0.530. The van der Waals surface area contributed by atoms with Crippen molar-refractivity contribution in [1.82, 2.24) is 0 Å². The molecule has 0 aromatic carbocycles. The number of hydrogen-bond donors (Lipinski definition) is 0. The highest BCUT2D eigenvalue weighted by Crippen LogP contribution is 2.10. The number of aldehydes is 1. The largest absolute Gasteiger partial charge is 0.303 e. The fraction of sp³-hybridized carbons (Fsp3) is 0.846. The first-order valence-electron chi connectivity index (χ1n) is 6.39. The Kier molecular flexibility index (Phi) is 14.0. The fourth-order valence-electron chi connectivity index (χ4n) is 1.70. The third kappa shape index (κ3) is 13.5. The van der Waals surface area contributed by atoms with Gasteiger partial charge in [-0.3, -0.25) is 0 Å². The molecule has 2 nitrogen and oxygen atoms in total. The standard InChI is InChI=1S/C13H23NOS/c15-12-10-8-6-4-2-1-3-5-7-9-11-14-13-16/h12H,1-11H2. The zero-order chi connectivity index (χ0) is 11.9. The van der Waals surface area contributed by atoms with E-state index in [0.29, 0.717) is 0 Å². The number of nitrogens with zero attached hydrogens (tertiary/aromatic N) is 1. The fourth-order valence-corrected chi connectivity index (χ4v) is 1.79. The molecule has 92 valence electrons. The number of rotatable bonds is 12. The second-order valence-electron chi connectivity index (χ2n) is 4.11. The van der Waals surface area contributed by atoms with Crippen LogP contribution in [-0.2, 0) is 4.79 Å². The third-order valence-electron chi connectivity index (χ3n) is 2.66. The summed E-state index contributed by atoms with van der Waals surface area (Å²) >= 11 is 4.49. The molecule has 0 radical (unpaired) electrons. The average Bonchev–Trinajstić information content (AvgIpc) is 2.31. The molecule has 0 N–H and O–H groups in total. The zero-order valence-electron chi connectivity index (χ0n) is 10.1. The molecule has 0 aliphatic rings. The molecule has 0 aliphatic carbocycles. The van der Waals surface area contributed by atoms with Gasteiger partial charge in [0.15, 0.2) is 0 Å². The highest BCUT2D eigenvalue weighted by molar-refractivity contribution is 7.78. The molecule has 0 atom stereocenters. The van der Waals surface area contributed by atoms with Crippen LogP contribution in [0.1, 0.15) is 64.2 Å². The summed E-state index contributed by atoms with van der Waals surface area (Å²) in [6.45, 7) is 0.842. The van der Waals surface area contributed by atoms with Gasteiger partial charge in [0.05, 0.1) is 5.16 Å². The molecule has 16 heavy (non-hydrogen) atoms. The van der Waals surface area contributed by atoms with Gasteiger partial charge < -0.3 is 4.79 Å². The molecule has 0 amide bonds. The smallest absolute Gasteiger partial charge is 0.119 e. The van der Waals surface area contributed by atoms with Crippen molar-refractivity contribution < 1.29 is 4.79 Å². The number of carbonyl (C=O) groups excluding carboxylic acids is 1. The summed E-state index contributed by atoms with van der Waals surface area (Å²) < 4.78 is 0. The maximum Gasteiger partial charge on any atom is 0.119 e. The van der Waals surface area contributed by atoms with E-state index in [1.165, 1.54) is 44.9 Å². The van der Waals surface area contributed by atoms with Crippen LogP contribution in [-0.4, -0.2) is 18.0 Å². The third-order valence-corrected chi connectivity index (χ3v) is 2.79. The Balaban J connectivity index is 2.93. The minimum Gasteiger partial charge on any atom is -0.303 e. The van der Waals surface area contributed by atoms with Crippen molar-refractivity contribution in [3.8, 4) is 0 Å². The molecular formula is C13H23NOS. The van der Waals surface area contributed by atoms with Crippen molar-refractivity contribution >= 4 is 23.7 Å². The Morgan fingerprint density at radius 3 is 1.88 bits per heavy atom. The highest BCUT2D eigenvalue weighted by Gasteiger charge is 1.92. The first kappa shape index (κ1) is 15.5.